The summed E-state index contributed by atoms with van der Waals surface area (Å²) in [5, 5.41) is 0. The molecule has 0 spiro atoms. The van der Waals surface area contributed by atoms with Crippen LogP contribution in [0.5, 0.6) is 0 Å². The van der Waals surface area contributed by atoms with Crippen molar-refractivity contribution in [3.8, 4) is 0 Å². The lowest BCUT2D eigenvalue weighted by Gasteiger charge is -2.71. The maximum Gasteiger partial charge on any atom is 0.333 e. The van der Waals surface area contributed by atoms with Crippen LogP contribution in [-0.2, 0) is 9.53 Å². The minimum Gasteiger partial charge on any atom is -0.461 e. The third-order valence-corrected chi connectivity index (χ3v) is 7.01. The van der Waals surface area contributed by atoms with E-state index in [0.29, 0.717) is 0 Å². The Morgan fingerprint density at radius 2 is 1.09 bits per heavy atom. The van der Waals surface area contributed by atoms with E-state index in [9.17, 15) is 9.18 Å². The summed E-state index contributed by atoms with van der Waals surface area (Å²) in [5.41, 5.74) is -23.9. The van der Waals surface area contributed by atoms with Crippen molar-refractivity contribution in [1.82, 2.24) is 0 Å². The summed E-state index contributed by atoms with van der Waals surface area (Å²) in [4.78, 5) is 11.7. The number of esters is 1. The second-order valence-corrected chi connectivity index (χ2v) is 8.38. The molecule has 35 heavy (non-hydrogen) atoms. The number of rotatable bonds is 7. The van der Waals surface area contributed by atoms with E-state index < -0.39 is 94.6 Å². The zero-order valence-corrected chi connectivity index (χ0v) is 17.8. The van der Waals surface area contributed by atoms with Crippen molar-refractivity contribution in [3.63, 3.8) is 0 Å². The molecule has 2 aliphatic rings. The molecule has 0 aromatic rings. The van der Waals surface area contributed by atoms with E-state index in [0.717, 1.165) is 6.92 Å². The second-order valence-electron chi connectivity index (χ2n) is 8.38. The molecule has 0 saturated heterocycles. The largest absolute Gasteiger partial charge is 0.461 e. The maximum absolute atomic E-state index is 15.8. The van der Waals surface area contributed by atoms with Gasteiger partial charge in [-0.2, -0.15) is 0 Å². The van der Waals surface area contributed by atoms with Gasteiger partial charge >= 0.3 is 17.8 Å². The molecule has 0 aromatic heterocycles. The standard InChI is InChI=1S/C21H18F12O2/c1-6-14-17(24,25)13(9-22,10-35-12(34)11(4)5)18(26,27)15(7-2,19(14,28)29)21(32,33)16(23,8-3)20(14,30)31/h6-8H,1-4,9-10H2,5H3. The van der Waals surface area contributed by atoms with Gasteiger partial charge in [0.15, 0.2) is 16.2 Å². The van der Waals surface area contributed by atoms with Gasteiger partial charge in [0.25, 0.3) is 23.4 Å². The number of allylic oxidation sites excluding steroid dienone is 3. The Kier molecular flexibility index (Phi) is 6.02. The van der Waals surface area contributed by atoms with Crippen LogP contribution in [0.1, 0.15) is 6.92 Å². The first-order valence-electron chi connectivity index (χ1n) is 9.44. The lowest BCUT2D eigenvalue weighted by molar-refractivity contribution is -0.525. The fraction of sp³-hybridized carbons (Fsp3) is 0.571. The van der Waals surface area contributed by atoms with Gasteiger partial charge in [-0.15, -0.1) is 13.2 Å². The van der Waals surface area contributed by atoms with E-state index in [1.54, 1.807) is 0 Å². The average Bonchev–Trinajstić information content (AvgIpc) is 2.71. The van der Waals surface area contributed by atoms with Crippen LogP contribution in [-0.4, -0.2) is 54.5 Å². The summed E-state index contributed by atoms with van der Waals surface area (Å²) in [6.07, 6.45) is -3.20. The van der Waals surface area contributed by atoms with E-state index in [2.05, 4.69) is 31.1 Å². The highest BCUT2D eigenvalue weighted by atomic mass is 19.3. The zero-order chi connectivity index (χ0) is 27.9. The topological polar surface area (TPSA) is 26.3 Å². The van der Waals surface area contributed by atoms with Gasteiger partial charge in [-0.3, -0.25) is 0 Å². The monoisotopic (exact) mass is 530 g/mol. The van der Waals surface area contributed by atoms with Crippen molar-refractivity contribution < 1.29 is 62.2 Å². The second kappa shape index (κ2) is 7.31. The summed E-state index contributed by atoms with van der Waals surface area (Å²) in [6.45, 7) is 4.87. The van der Waals surface area contributed by atoms with E-state index >= 15 is 48.3 Å². The molecule has 2 saturated carbocycles. The van der Waals surface area contributed by atoms with Crippen LogP contribution < -0.4 is 0 Å². The highest BCUT2D eigenvalue weighted by Gasteiger charge is 3.08. The van der Waals surface area contributed by atoms with Gasteiger partial charge in [0, 0.05) is 5.57 Å². The van der Waals surface area contributed by atoms with Crippen LogP contribution in [0.2, 0.25) is 0 Å². The van der Waals surface area contributed by atoms with Crippen molar-refractivity contribution in [3.05, 3.63) is 50.1 Å². The number of alkyl halides is 12. The Morgan fingerprint density at radius 1 is 0.714 bits per heavy atom. The number of carbonyl (C=O) groups excluding carboxylic acids is 1. The summed E-state index contributed by atoms with van der Waals surface area (Å²) in [5.74, 6) is -34.8. The molecule has 2 fully saturated rings. The molecular formula is C21H18F12O2. The predicted octanol–water partition coefficient (Wildman–Crippen LogP) is 6.50. The van der Waals surface area contributed by atoms with Crippen molar-refractivity contribution in [2.24, 2.45) is 16.2 Å². The van der Waals surface area contributed by atoms with Crippen LogP contribution in [0.4, 0.5) is 52.7 Å². The number of ether oxygens (including phenoxy) is 1. The first-order valence-corrected chi connectivity index (χ1v) is 9.44. The van der Waals surface area contributed by atoms with Gasteiger partial charge in [0.1, 0.15) is 13.3 Å². The first-order chi connectivity index (χ1) is 15.6. The van der Waals surface area contributed by atoms with E-state index in [-0.39, 0.29) is 0 Å². The highest BCUT2D eigenvalue weighted by Crippen LogP contribution is 2.86. The van der Waals surface area contributed by atoms with Crippen LogP contribution in [0.15, 0.2) is 50.1 Å². The third kappa shape index (κ3) is 2.30. The zero-order valence-electron chi connectivity index (χ0n) is 17.8. The third-order valence-electron chi connectivity index (χ3n) is 7.01. The average molecular weight is 530 g/mol. The number of halogens is 12. The van der Waals surface area contributed by atoms with E-state index in [4.69, 9.17) is 0 Å². The maximum atomic E-state index is 15.8. The molecule has 2 unspecified atom stereocenters. The van der Waals surface area contributed by atoms with Gasteiger partial charge in [0.2, 0.25) is 0 Å². The van der Waals surface area contributed by atoms with E-state index in [1.165, 1.54) is 0 Å². The Labute approximate surface area is 191 Å². The molecule has 0 radical (unpaired) electrons. The summed E-state index contributed by atoms with van der Waals surface area (Å²) >= 11 is 0. The van der Waals surface area contributed by atoms with Gasteiger partial charge in [-0.25, -0.2) is 57.5 Å². The fourth-order valence-electron chi connectivity index (χ4n) is 4.94. The lowest BCUT2D eigenvalue weighted by Crippen LogP contribution is -2.94. The van der Waals surface area contributed by atoms with Crippen molar-refractivity contribution in [1.29, 1.82) is 0 Å². The van der Waals surface area contributed by atoms with Crippen LogP contribution in [0.3, 0.4) is 0 Å². The minimum absolute atomic E-state index is 0.686. The molecule has 2 atom stereocenters. The molecule has 0 aliphatic heterocycles. The smallest absolute Gasteiger partial charge is 0.333 e. The minimum atomic E-state index is -6.65. The van der Waals surface area contributed by atoms with Crippen molar-refractivity contribution in [2.45, 2.75) is 42.2 Å². The molecule has 14 heteroatoms. The van der Waals surface area contributed by atoms with Crippen LogP contribution in [0, 0.1) is 16.2 Å². The summed E-state index contributed by atoms with van der Waals surface area (Å²) in [7, 11) is 0. The Bertz CT molecular complexity index is 935. The molecule has 2 aliphatic carbocycles. The van der Waals surface area contributed by atoms with Crippen molar-refractivity contribution >= 4 is 5.97 Å². The molecular weight excluding hydrogens is 512 g/mol. The molecule has 0 N–H and O–H groups in total. The van der Waals surface area contributed by atoms with Crippen molar-refractivity contribution in [2.75, 3.05) is 13.3 Å². The number of carbonyl (C=O) groups is 1. The Balaban J connectivity index is 3.28. The quantitative estimate of drug-likeness (QED) is 0.163. The Morgan fingerprint density at radius 3 is 1.34 bits per heavy atom. The Hall–Kier alpha value is -2.41. The van der Waals surface area contributed by atoms with Crippen LogP contribution >= 0.6 is 0 Å². The molecule has 2 rings (SSSR count). The summed E-state index contributed by atoms with van der Waals surface area (Å²) < 4.78 is 189. The predicted molar refractivity (Wildman–Crippen MR) is 98.2 cm³/mol. The van der Waals surface area contributed by atoms with Gasteiger partial charge in [0.05, 0.1) is 0 Å². The van der Waals surface area contributed by atoms with Crippen LogP contribution in [0.25, 0.3) is 0 Å². The van der Waals surface area contributed by atoms with Gasteiger partial charge in [-0.05, 0) is 13.0 Å². The number of hydrogen-bond donors (Lipinski definition) is 0. The molecule has 0 aromatic carbocycles. The molecule has 2 nitrogen and oxygen atoms in total. The van der Waals surface area contributed by atoms with E-state index in [1.807, 2.05) is 0 Å². The molecule has 0 heterocycles. The normalized spacial score (nSPS) is 39.7. The lowest BCUT2D eigenvalue weighted by atomic mass is 9.37. The molecule has 198 valence electrons. The molecule has 2 bridgehead atoms. The molecule has 0 amide bonds. The highest BCUT2D eigenvalue weighted by molar-refractivity contribution is 5.87. The van der Waals surface area contributed by atoms with Gasteiger partial charge < -0.3 is 4.74 Å². The summed E-state index contributed by atoms with van der Waals surface area (Å²) in [6, 6.07) is 0. The fourth-order valence-corrected chi connectivity index (χ4v) is 4.94. The number of hydrogen-bond acceptors (Lipinski definition) is 2. The SMILES string of the molecule is C=CC1(F)C(F)(F)C2(C=C)C(F)(F)C(CF)(COC(=O)C(=C)C)C(F)(F)C(C=C)(C1(F)F)C2(F)F. The van der Waals surface area contributed by atoms with Gasteiger partial charge in [-0.1, -0.05) is 25.3 Å². The first kappa shape index (κ1) is 28.8. The number of fused-ring (bicyclic) bond motifs is 2.